The number of carbonyl (C=O) groups is 1. The summed E-state index contributed by atoms with van der Waals surface area (Å²) in [7, 11) is 0. The molecule has 1 fully saturated rings. The number of hydrogen-bond acceptors (Lipinski definition) is 7. The highest BCUT2D eigenvalue weighted by Gasteiger charge is 2.28. The molecular formula is C24H34N6O2. The number of nitrogens with zero attached hydrogens (tertiary/aromatic N) is 3. The van der Waals surface area contributed by atoms with Crippen molar-refractivity contribution in [1.82, 2.24) is 15.3 Å². The second kappa shape index (κ2) is 10.0. The van der Waals surface area contributed by atoms with Crippen molar-refractivity contribution in [3.05, 3.63) is 24.0 Å². The van der Waals surface area contributed by atoms with Gasteiger partial charge in [0.15, 0.2) is 0 Å². The van der Waals surface area contributed by atoms with Crippen LogP contribution in [0.15, 0.2) is 18.3 Å². The number of rotatable bonds is 7. The quantitative estimate of drug-likeness (QED) is 0.560. The summed E-state index contributed by atoms with van der Waals surface area (Å²) in [6.07, 6.45) is 5.99. The van der Waals surface area contributed by atoms with E-state index in [1.165, 1.54) is 0 Å². The molecule has 3 N–H and O–H groups in total. The first kappa shape index (κ1) is 23.6. The zero-order valence-electron chi connectivity index (χ0n) is 19.7. The number of nitriles is 1. The minimum absolute atomic E-state index is 0.0785. The minimum atomic E-state index is -0.505. The zero-order valence-corrected chi connectivity index (χ0v) is 19.7. The van der Waals surface area contributed by atoms with Crippen LogP contribution in [-0.2, 0) is 4.74 Å². The third kappa shape index (κ3) is 6.22. The summed E-state index contributed by atoms with van der Waals surface area (Å²) < 4.78 is 5.36. The fourth-order valence-corrected chi connectivity index (χ4v) is 4.01. The second-order valence-corrected chi connectivity index (χ2v) is 9.41. The predicted octanol–water partition coefficient (Wildman–Crippen LogP) is 4.96. The van der Waals surface area contributed by atoms with Gasteiger partial charge in [0.2, 0.25) is 0 Å². The van der Waals surface area contributed by atoms with E-state index in [4.69, 9.17) is 4.74 Å². The van der Waals surface area contributed by atoms with Crippen LogP contribution in [0.25, 0.3) is 10.8 Å². The lowest BCUT2D eigenvalue weighted by Crippen LogP contribution is -2.38. The monoisotopic (exact) mass is 438 g/mol. The largest absolute Gasteiger partial charge is 0.444 e. The van der Waals surface area contributed by atoms with E-state index in [1.54, 1.807) is 12.3 Å². The van der Waals surface area contributed by atoms with Crippen molar-refractivity contribution in [3.8, 4) is 6.07 Å². The molecule has 1 amide bonds. The zero-order chi connectivity index (χ0) is 23.3. The molecule has 0 aliphatic heterocycles. The molecule has 2 atom stereocenters. The van der Waals surface area contributed by atoms with Gasteiger partial charge in [-0.15, -0.1) is 0 Å². The Kier molecular flexibility index (Phi) is 7.39. The molecule has 1 saturated carbocycles. The highest BCUT2D eigenvalue weighted by atomic mass is 16.6. The number of hydrogen-bond donors (Lipinski definition) is 3. The van der Waals surface area contributed by atoms with E-state index >= 15 is 0 Å². The first-order valence-corrected chi connectivity index (χ1v) is 11.4. The molecular weight excluding hydrogens is 404 g/mol. The maximum atomic E-state index is 12.1. The van der Waals surface area contributed by atoms with Crippen LogP contribution in [-0.4, -0.2) is 39.8 Å². The van der Waals surface area contributed by atoms with Gasteiger partial charge in [-0.25, -0.2) is 14.8 Å². The van der Waals surface area contributed by atoms with Crippen LogP contribution in [0.2, 0.25) is 0 Å². The lowest BCUT2D eigenvalue weighted by molar-refractivity contribution is 0.0505. The molecule has 8 nitrogen and oxygen atoms in total. The number of ether oxygens (including phenoxy) is 1. The molecule has 2 heterocycles. The van der Waals surface area contributed by atoms with E-state index in [0.29, 0.717) is 17.6 Å². The number of amides is 1. The van der Waals surface area contributed by atoms with Gasteiger partial charge in [-0.05, 0) is 65.0 Å². The topological polar surface area (TPSA) is 112 Å². The number of nitrogens with one attached hydrogen (secondary N) is 3. The number of alkyl carbamates (subject to hydrolysis) is 1. The van der Waals surface area contributed by atoms with Crippen LogP contribution in [0, 0.1) is 11.3 Å². The van der Waals surface area contributed by atoms with E-state index < -0.39 is 5.60 Å². The van der Waals surface area contributed by atoms with E-state index in [0.717, 1.165) is 48.7 Å². The molecule has 3 rings (SSSR count). The van der Waals surface area contributed by atoms with Crippen LogP contribution in [0.5, 0.6) is 0 Å². The summed E-state index contributed by atoms with van der Waals surface area (Å²) in [4.78, 5) is 21.1. The Hall–Kier alpha value is -3.08. The minimum Gasteiger partial charge on any atom is -0.444 e. The van der Waals surface area contributed by atoms with Gasteiger partial charge in [0, 0.05) is 35.1 Å². The van der Waals surface area contributed by atoms with Gasteiger partial charge >= 0.3 is 6.09 Å². The molecule has 0 bridgehead atoms. The van der Waals surface area contributed by atoms with Crippen LogP contribution in [0.1, 0.15) is 72.4 Å². The fraction of sp³-hybridized carbons (Fsp3) is 0.583. The van der Waals surface area contributed by atoms with Crippen molar-refractivity contribution >= 4 is 28.5 Å². The number of aromatic nitrogens is 2. The summed E-state index contributed by atoms with van der Waals surface area (Å²) in [6, 6.07) is 6.47. The van der Waals surface area contributed by atoms with Crippen LogP contribution in [0.4, 0.5) is 16.4 Å². The number of anilines is 2. The predicted molar refractivity (Wildman–Crippen MR) is 127 cm³/mol. The smallest absolute Gasteiger partial charge is 0.407 e. The molecule has 1 aliphatic rings. The SMILES string of the molecule is CCC(CC)Nc1nc(C#N)cc2cnc(N[C@H]3CC[C@H](NC(=O)OC(C)(C)C)C3)cc12. The van der Waals surface area contributed by atoms with Gasteiger partial charge in [0.1, 0.15) is 29.0 Å². The highest BCUT2D eigenvalue weighted by molar-refractivity contribution is 5.93. The van der Waals surface area contributed by atoms with Gasteiger partial charge in [0.25, 0.3) is 0 Å². The van der Waals surface area contributed by atoms with Crippen molar-refractivity contribution in [2.24, 2.45) is 0 Å². The number of fused-ring (bicyclic) bond motifs is 1. The van der Waals surface area contributed by atoms with Gasteiger partial charge in [0.05, 0.1) is 0 Å². The molecule has 2 aromatic heterocycles. The molecule has 0 unspecified atom stereocenters. The van der Waals surface area contributed by atoms with Gasteiger partial charge in [-0.3, -0.25) is 0 Å². The lowest BCUT2D eigenvalue weighted by Gasteiger charge is -2.22. The third-order valence-corrected chi connectivity index (χ3v) is 5.66. The molecule has 1 aliphatic carbocycles. The van der Waals surface area contributed by atoms with Gasteiger partial charge in [-0.1, -0.05) is 13.8 Å². The highest BCUT2D eigenvalue weighted by Crippen LogP contribution is 2.28. The van der Waals surface area contributed by atoms with Crippen LogP contribution in [0.3, 0.4) is 0 Å². The van der Waals surface area contributed by atoms with E-state index in [-0.39, 0.29) is 18.2 Å². The molecule has 172 valence electrons. The molecule has 0 spiro atoms. The van der Waals surface area contributed by atoms with Crippen molar-refractivity contribution in [2.75, 3.05) is 10.6 Å². The summed E-state index contributed by atoms with van der Waals surface area (Å²) >= 11 is 0. The first-order chi connectivity index (χ1) is 15.2. The van der Waals surface area contributed by atoms with E-state index in [2.05, 4.69) is 45.8 Å². The molecule has 32 heavy (non-hydrogen) atoms. The summed E-state index contributed by atoms with van der Waals surface area (Å²) in [5, 5.41) is 21.1. The number of carbonyl (C=O) groups excluding carboxylic acids is 1. The molecule has 8 heteroatoms. The lowest BCUT2D eigenvalue weighted by atomic mass is 10.1. The van der Waals surface area contributed by atoms with Crippen LogP contribution < -0.4 is 16.0 Å². The molecule has 0 radical (unpaired) electrons. The summed E-state index contributed by atoms with van der Waals surface area (Å²) in [5.74, 6) is 1.48. The first-order valence-electron chi connectivity index (χ1n) is 11.4. The summed E-state index contributed by atoms with van der Waals surface area (Å²) in [6.45, 7) is 9.84. The van der Waals surface area contributed by atoms with Crippen molar-refractivity contribution in [1.29, 1.82) is 5.26 Å². The second-order valence-electron chi connectivity index (χ2n) is 9.41. The Morgan fingerprint density at radius 3 is 2.62 bits per heavy atom. The Morgan fingerprint density at radius 2 is 1.97 bits per heavy atom. The normalized spacial score (nSPS) is 18.4. The molecule has 0 saturated heterocycles. The Morgan fingerprint density at radius 1 is 1.25 bits per heavy atom. The molecule has 0 aromatic carbocycles. The van der Waals surface area contributed by atoms with Gasteiger partial charge in [-0.2, -0.15) is 5.26 Å². The Labute approximate surface area is 190 Å². The van der Waals surface area contributed by atoms with Crippen molar-refractivity contribution < 1.29 is 9.53 Å². The maximum absolute atomic E-state index is 12.1. The van der Waals surface area contributed by atoms with Gasteiger partial charge < -0.3 is 20.7 Å². The standard InChI is InChI=1S/C24H34N6O2/c1-6-16(7-2)28-22-20-12-21(26-14-15(20)10-19(13-25)29-22)27-17-8-9-18(11-17)30-23(31)32-24(3,4)5/h10,12,14,16-18H,6-9,11H2,1-5H3,(H,26,27)(H,28,29)(H,30,31)/t17-,18-/m0/s1. The molecule has 2 aromatic rings. The average molecular weight is 439 g/mol. The fourth-order valence-electron chi connectivity index (χ4n) is 4.01. The summed E-state index contributed by atoms with van der Waals surface area (Å²) in [5.41, 5.74) is -0.130. The van der Waals surface area contributed by atoms with E-state index in [9.17, 15) is 10.1 Å². The van der Waals surface area contributed by atoms with E-state index in [1.807, 2.05) is 26.8 Å². The maximum Gasteiger partial charge on any atom is 0.407 e. The number of pyridine rings is 2. The van der Waals surface area contributed by atoms with Crippen molar-refractivity contribution in [2.45, 2.75) is 90.4 Å². The average Bonchev–Trinajstić information content (AvgIpc) is 3.16. The Balaban J connectivity index is 1.72. The Bertz CT molecular complexity index is 990. The van der Waals surface area contributed by atoms with Crippen LogP contribution >= 0.6 is 0 Å². The third-order valence-electron chi connectivity index (χ3n) is 5.66. The van der Waals surface area contributed by atoms with Crippen molar-refractivity contribution in [3.63, 3.8) is 0 Å².